The summed E-state index contributed by atoms with van der Waals surface area (Å²) in [4.78, 5) is 4.13. The van der Waals surface area contributed by atoms with E-state index in [9.17, 15) is 8.42 Å². The fourth-order valence-corrected chi connectivity index (χ4v) is 4.24. The van der Waals surface area contributed by atoms with E-state index in [-0.39, 0.29) is 10.7 Å². The minimum absolute atomic E-state index is 0.141. The van der Waals surface area contributed by atoms with Crippen molar-refractivity contribution < 1.29 is 8.42 Å². The van der Waals surface area contributed by atoms with E-state index >= 15 is 0 Å². The molecule has 156 valence electrons. The van der Waals surface area contributed by atoms with Crippen LogP contribution in [0.15, 0.2) is 71.8 Å². The van der Waals surface area contributed by atoms with Crippen molar-refractivity contribution in [2.45, 2.75) is 31.6 Å². The zero-order valence-corrected chi connectivity index (χ0v) is 18.5. The summed E-state index contributed by atoms with van der Waals surface area (Å²) in [6, 6.07) is 17.6. The molecule has 0 fully saturated rings. The second kappa shape index (κ2) is 9.69. The summed E-state index contributed by atoms with van der Waals surface area (Å²) in [5.41, 5.74) is 4.11. The van der Waals surface area contributed by atoms with E-state index in [0.29, 0.717) is 10.8 Å². The Bertz CT molecular complexity index is 1090. The fraction of sp³-hybridized carbons (Fsp3) is 0.182. The smallest absolute Gasteiger partial charge is 0.263 e. The van der Waals surface area contributed by atoms with Gasteiger partial charge < -0.3 is 10.6 Å². The van der Waals surface area contributed by atoms with Gasteiger partial charge in [-0.3, -0.25) is 4.72 Å². The molecule has 0 atom stereocenters. The standard InChI is InChI=1S/C22H24N4O2S2/c1-3-16-8-7-9-17(4-2)21(16)25-22(29)24-18-11-13-19(14-12-18)30(27,28)26-20-10-5-6-15-23-20/h5-15H,3-4H2,1-2H3,(H,23,26)(H2,24,25,29). The minimum Gasteiger partial charge on any atom is -0.332 e. The maximum Gasteiger partial charge on any atom is 0.263 e. The Hall–Kier alpha value is -2.97. The first-order valence-electron chi connectivity index (χ1n) is 9.65. The van der Waals surface area contributed by atoms with Crippen LogP contribution in [-0.4, -0.2) is 18.5 Å². The molecule has 3 aromatic rings. The maximum absolute atomic E-state index is 12.5. The summed E-state index contributed by atoms with van der Waals surface area (Å²) in [6.45, 7) is 4.21. The lowest BCUT2D eigenvalue weighted by Crippen LogP contribution is -2.21. The molecule has 6 nitrogen and oxygen atoms in total. The van der Waals surface area contributed by atoms with E-state index in [0.717, 1.165) is 18.5 Å². The van der Waals surface area contributed by atoms with Crippen LogP contribution in [0.2, 0.25) is 0 Å². The summed E-state index contributed by atoms with van der Waals surface area (Å²) in [7, 11) is -3.71. The molecular formula is C22H24N4O2S2. The van der Waals surface area contributed by atoms with Crippen molar-refractivity contribution in [3.8, 4) is 0 Å². The van der Waals surface area contributed by atoms with E-state index in [4.69, 9.17) is 12.2 Å². The van der Waals surface area contributed by atoms with Crippen LogP contribution in [0.3, 0.4) is 0 Å². The molecule has 0 unspecified atom stereocenters. The van der Waals surface area contributed by atoms with Crippen molar-refractivity contribution in [2.75, 3.05) is 15.4 Å². The van der Waals surface area contributed by atoms with Crippen LogP contribution in [0.5, 0.6) is 0 Å². The molecule has 2 aromatic carbocycles. The number of aromatic nitrogens is 1. The van der Waals surface area contributed by atoms with Crippen LogP contribution in [0.4, 0.5) is 17.2 Å². The average Bonchev–Trinajstić information content (AvgIpc) is 2.74. The Morgan fingerprint density at radius 3 is 2.13 bits per heavy atom. The lowest BCUT2D eigenvalue weighted by atomic mass is 10.0. The Balaban J connectivity index is 1.70. The second-order valence-corrected chi connectivity index (χ2v) is 8.67. The van der Waals surface area contributed by atoms with E-state index in [2.05, 4.69) is 52.4 Å². The van der Waals surface area contributed by atoms with Crippen LogP contribution in [-0.2, 0) is 22.9 Å². The number of para-hydroxylation sites is 1. The lowest BCUT2D eigenvalue weighted by molar-refractivity contribution is 0.601. The van der Waals surface area contributed by atoms with Crippen LogP contribution >= 0.6 is 12.2 Å². The summed E-state index contributed by atoms with van der Waals surface area (Å²) in [5, 5.41) is 6.85. The molecule has 3 rings (SSSR count). The first-order chi connectivity index (χ1) is 14.4. The van der Waals surface area contributed by atoms with E-state index in [1.807, 2.05) is 0 Å². The molecule has 1 aromatic heterocycles. The molecule has 0 spiro atoms. The Labute approximate surface area is 182 Å². The molecule has 0 bridgehead atoms. The fourth-order valence-electron chi connectivity index (χ4n) is 3.02. The topological polar surface area (TPSA) is 83.1 Å². The average molecular weight is 441 g/mol. The zero-order chi connectivity index (χ0) is 21.6. The molecule has 30 heavy (non-hydrogen) atoms. The van der Waals surface area contributed by atoms with Crippen LogP contribution < -0.4 is 15.4 Å². The largest absolute Gasteiger partial charge is 0.332 e. The number of benzene rings is 2. The van der Waals surface area contributed by atoms with Gasteiger partial charge in [0, 0.05) is 17.6 Å². The van der Waals surface area contributed by atoms with Gasteiger partial charge in [-0.25, -0.2) is 13.4 Å². The number of nitrogens with zero attached hydrogens (tertiary/aromatic N) is 1. The van der Waals surface area contributed by atoms with Crippen LogP contribution in [0, 0.1) is 0 Å². The number of thiocarbonyl (C=S) groups is 1. The number of anilines is 3. The van der Waals surface area contributed by atoms with Gasteiger partial charge in [-0.15, -0.1) is 0 Å². The summed E-state index contributed by atoms with van der Waals surface area (Å²) in [5.74, 6) is 0.270. The number of nitrogens with one attached hydrogen (secondary N) is 3. The molecular weight excluding hydrogens is 416 g/mol. The van der Waals surface area contributed by atoms with Gasteiger partial charge in [0.1, 0.15) is 5.82 Å². The number of hydrogen-bond donors (Lipinski definition) is 3. The van der Waals surface area contributed by atoms with Crippen molar-refractivity contribution in [3.05, 3.63) is 78.0 Å². The van der Waals surface area contributed by atoms with Gasteiger partial charge in [0.25, 0.3) is 10.0 Å². The van der Waals surface area contributed by atoms with Crippen molar-refractivity contribution >= 4 is 44.5 Å². The van der Waals surface area contributed by atoms with Gasteiger partial charge in [-0.05, 0) is 72.6 Å². The van der Waals surface area contributed by atoms with E-state index in [1.165, 1.54) is 29.5 Å². The first kappa shape index (κ1) is 21.7. The Morgan fingerprint density at radius 2 is 1.57 bits per heavy atom. The molecule has 1 heterocycles. The van der Waals surface area contributed by atoms with Gasteiger partial charge in [-0.1, -0.05) is 38.1 Å². The van der Waals surface area contributed by atoms with Gasteiger partial charge >= 0.3 is 0 Å². The third-order valence-electron chi connectivity index (χ3n) is 4.56. The monoisotopic (exact) mass is 440 g/mol. The predicted octanol–water partition coefficient (Wildman–Crippen LogP) is 4.82. The highest BCUT2D eigenvalue weighted by Crippen LogP contribution is 2.23. The normalized spacial score (nSPS) is 11.0. The molecule has 0 radical (unpaired) electrons. The predicted molar refractivity (Wildman–Crippen MR) is 127 cm³/mol. The van der Waals surface area contributed by atoms with Crippen LogP contribution in [0.1, 0.15) is 25.0 Å². The highest BCUT2D eigenvalue weighted by Gasteiger charge is 2.15. The number of hydrogen-bond acceptors (Lipinski definition) is 4. The highest BCUT2D eigenvalue weighted by atomic mass is 32.2. The van der Waals surface area contributed by atoms with Gasteiger partial charge in [0.2, 0.25) is 0 Å². The van der Waals surface area contributed by atoms with Gasteiger partial charge in [-0.2, -0.15) is 0 Å². The van der Waals surface area contributed by atoms with Gasteiger partial charge in [0.15, 0.2) is 5.11 Å². The third-order valence-corrected chi connectivity index (χ3v) is 6.14. The zero-order valence-electron chi connectivity index (χ0n) is 16.8. The van der Waals surface area contributed by atoms with E-state index < -0.39 is 10.0 Å². The third kappa shape index (κ3) is 5.34. The van der Waals surface area contributed by atoms with E-state index in [1.54, 1.807) is 30.3 Å². The van der Waals surface area contributed by atoms with Crippen molar-refractivity contribution in [1.82, 2.24) is 4.98 Å². The quantitative estimate of drug-likeness (QED) is 0.457. The molecule has 0 aliphatic carbocycles. The second-order valence-electron chi connectivity index (χ2n) is 6.58. The molecule has 0 amide bonds. The molecule has 3 N–H and O–H groups in total. The minimum atomic E-state index is -3.71. The number of rotatable bonds is 7. The maximum atomic E-state index is 12.5. The van der Waals surface area contributed by atoms with Crippen molar-refractivity contribution in [1.29, 1.82) is 0 Å². The molecule has 0 aliphatic heterocycles. The summed E-state index contributed by atoms with van der Waals surface area (Å²) in [6.07, 6.45) is 3.32. The van der Waals surface area contributed by atoms with Crippen LogP contribution in [0.25, 0.3) is 0 Å². The Morgan fingerprint density at radius 1 is 0.900 bits per heavy atom. The highest BCUT2D eigenvalue weighted by molar-refractivity contribution is 7.92. The van der Waals surface area contributed by atoms with Gasteiger partial charge in [0.05, 0.1) is 4.90 Å². The summed E-state index contributed by atoms with van der Waals surface area (Å²) < 4.78 is 27.5. The molecule has 0 saturated carbocycles. The molecule has 8 heteroatoms. The number of aryl methyl sites for hydroxylation is 2. The number of pyridine rings is 1. The Kier molecular flexibility index (Phi) is 7.02. The molecule has 0 saturated heterocycles. The first-order valence-corrected chi connectivity index (χ1v) is 11.5. The van der Waals surface area contributed by atoms with Crippen molar-refractivity contribution in [3.63, 3.8) is 0 Å². The van der Waals surface area contributed by atoms with Crippen molar-refractivity contribution in [2.24, 2.45) is 0 Å². The summed E-state index contributed by atoms with van der Waals surface area (Å²) >= 11 is 5.47. The molecule has 0 aliphatic rings. The lowest BCUT2D eigenvalue weighted by Gasteiger charge is -2.17. The number of sulfonamides is 1. The SMILES string of the molecule is CCc1cccc(CC)c1NC(=S)Nc1ccc(S(=O)(=O)Nc2ccccn2)cc1.